The predicted octanol–water partition coefficient (Wildman–Crippen LogP) is 3.35. The Balaban J connectivity index is 1.61. The highest BCUT2D eigenvalue weighted by molar-refractivity contribution is 5.70. The Morgan fingerprint density at radius 3 is 2.89 bits per heavy atom. The minimum atomic E-state index is -0.841. The van der Waals surface area contributed by atoms with E-state index in [-0.39, 0.29) is 6.54 Å². The van der Waals surface area contributed by atoms with Crippen LogP contribution in [0, 0.1) is 0 Å². The van der Waals surface area contributed by atoms with E-state index in [1.807, 2.05) is 18.2 Å². The lowest BCUT2D eigenvalue weighted by atomic mass is 9.98. The highest BCUT2D eigenvalue weighted by atomic mass is 16.5. The molecule has 0 spiro atoms. The summed E-state index contributed by atoms with van der Waals surface area (Å²) < 4.78 is 5.29. The van der Waals surface area contributed by atoms with Crippen LogP contribution in [0.3, 0.4) is 0 Å². The molecule has 0 atom stereocenters. The minimum absolute atomic E-state index is 0.110. The zero-order valence-corrected chi connectivity index (χ0v) is 15.7. The van der Waals surface area contributed by atoms with Crippen LogP contribution in [0.15, 0.2) is 42.5 Å². The summed E-state index contributed by atoms with van der Waals surface area (Å²) in [5.41, 5.74) is 9.77. The number of methoxy groups -OCH3 is 1. The van der Waals surface area contributed by atoms with Crippen LogP contribution in [0.2, 0.25) is 0 Å². The molecule has 1 aliphatic heterocycles. The van der Waals surface area contributed by atoms with E-state index < -0.39 is 6.03 Å². The summed E-state index contributed by atoms with van der Waals surface area (Å²) in [7, 11) is 1.69. The fourth-order valence-electron chi connectivity index (χ4n) is 3.61. The van der Waals surface area contributed by atoms with Gasteiger partial charge in [-0.3, -0.25) is 5.21 Å². The zero-order chi connectivity index (χ0) is 19.2. The lowest BCUT2D eigenvalue weighted by molar-refractivity contribution is -0.0470. The summed E-state index contributed by atoms with van der Waals surface area (Å²) in [4.78, 5) is 13.4. The standard InChI is InChI=1S/C21H27N3O3/c1-27-19-8-2-5-16(14-19)6-3-11-23-12-4-7-18-13-17(9-10-20(18)23)15-24(26)21(22)25/h2,5,8-10,13-14,26H,3-4,6-7,11-12,15H2,1H3,(H2,22,25). The molecule has 2 amide bonds. The summed E-state index contributed by atoms with van der Waals surface area (Å²) in [5.74, 6) is 0.900. The summed E-state index contributed by atoms with van der Waals surface area (Å²) in [6, 6.07) is 13.5. The third-order valence-electron chi connectivity index (χ3n) is 4.97. The van der Waals surface area contributed by atoms with Gasteiger partial charge in [-0.15, -0.1) is 0 Å². The summed E-state index contributed by atoms with van der Waals surface area (Å²) in [6.07, 6.45) is 4.20. The van der Waals surface area contributed by atoms with Crippen molar-refractivity contribution in [3.05, 3.63) is 59.2 Å². The molecule has 6 heteroatoms. The first kappa shape index (κ1) is 19.0. The van der Waals surface area contributed by atoms with Crippen molar-refractivity contribution in [2.24, 2.45) is 5.73 Å². The molecule has 3 N–H and O–H groups in total. The lowest BCUT2D eigenvalue weighted by Crippen LogP contribution is -2.32. The maximum atomic E-state index is 11.0. The Morgan fingerprint density at radius 2 is 2.11 bits per heavy atom. The van der Waals surface area contributed by atoms with Crippen LogP contribution in [0.4, 0.5) is 10.5 Å². The van der Waals surface area contributed by atoms with Gasteiger partial charge in [0.25, 0.3) is 0 Å². The molecule has 1 aliphatic rings. The summed E-state index contributed by atoms with van der Waals surface area (Å²) in [5, 5.41) is 10.1. The van der Waals surface area contributed by atoms with E-state index in [0.717, 1.165) is 50.1 Å². The number of hydrogen-bond donors (Lipinski definition) is 2. The van der Waals surface area contributed by atoms with Gasteiger partial charge in [-0.25, -0.2) is 9.86 Å². The zero-order valence-electron chi connectivity index (χ0n) is 15.7. The first-order valence-corrected chi connectivity index (χ1v) is 9.32. The third-order valence-corrected chi connectivity index (χ3v) is 4.97. The number of benzene rings is 2. The molecule has 3 rings (SSSR count). The number of nitrogens with two attached hydrogens (primary N) is 1. The second-order valence-corrected chi connectivity index (χ2v) is 6.90. The molecule has 0 radical (unpaired) electrons. The largest absolute Gasteiger partial charge is 0.497 e. The van der Waals surface area contributed by atoms with E-state index in [1.54, 1.807) is 7.11 Å². The van der Waals surface area contributed by atoms with E-state index in [1.165, 1.54) is 16.8 Å². The number of aryl methyl sites for hydroxylation is 2. The first-order valence-electron chi connectivity index (χ1n) is 9.32. The van der Waals surface area contributed by atoms with Crippen molar-refractivity contribution in [3.63, 3.8) is 0 Å². The molecular weight excluding hydrogens is 342 g/mol. The van der Waals surface area contributed by atoms with Crippen LogP contribution in [-0.4, -0.2) is 36.5 Å². The molecule has 0 bridgehead atoms. The molecule has 6 nitrogen and oxygen atoms in total. The molecule has 27 heavy (non-hydrogen) atoms. The van der Waals surface area contributed by atoms with E-state index in [2.05, 4.69) is 29.2 Å². The SMILES string of the molecule is COc1cccc(CCCN2CCCc3cc(CN(O)C(N)=O)ccc32)c1. The number of urea groups is 1. The first-order chi connectivity index (χ1) is 13.1. The molecule has 0 saturated heterocycles. The number of primary amides is 1. The van der Waals surface area contributed by atoms with Crippen molar-refractivity contribution in [2.45, 2.75) is 32.2 Å². The predicted molar refractivity (Wildman–Crippen MR) is 105 cm³/mol. The molecule has 0 unspecified atom stereocenters. The van der Waals surface area contributed by atoms with Crippen molar-refractivity contribution in [1.82, 2.24) is 5.06 Å². The van der Waals surface area contributed by atoms with Crippen molar-refractivity contribution in [1.29, 1.82) is 0 Å². The Labute approximate surface area is 160 Å². The number of carbonyl (C=O) groups is 1. The van der Waals surface area contributed by atoms with Gasteiger partial charge in [0.05, 0.1) is 13.7 Å². The molecular formula is C21H27N3O3. The quantitative estimate of drug-likeness (QED) is 0.579. The third kappa shape index (κ3) is 4.92. The number of carbonyl (C=O) groups excluding carboxylic acids is 1. The van der Waals surface area contributed by atoms with E-state index in [9.17, 15) is 10.0 Å². The van der Waals surface area contributed by atoms with Crippen molar-refractivity contribution < 1.29 is 14.7 Å². The number of anilines is 1. The molecule has 2 aromatic carbocycles. The lowest BCUT2D eigenvalue weighted by Gasteiger charge is -2.32. The minimum Gasteiger partial charge on any atom is -0.497 e. The fourth-order valence-corrected chi connectivity index (χ4v) is 3.61. The molecule has 0 aromatic heterocycles. The maximum Gasteiger partial charge on any atom is 0.338 e. The highest BCUT2D eigenvalue weighted by Gasteiger charge is 2.17. The number of hydrogen-bond acceptors (Lipinski definition) is 4. The monoisotopic (exact) mass is 369 g/mol. The fraction of sp³-hybridized carbons (Fsp3) is 0.381. The summed E-state index contributed by atoms with van der Waals surface area (Å²) in [6.45, 7) is 2.16. The molecule has 0 aliphatic carbocycles. The van der Waals surface area contributed by atoms with Crippen molar-refractivity contribution in [2.75, 3.05) is 25.1 Å². The molecule has 1 heterocycles. The Morgan fingerprint density at radius 1 is 1.26 bits per heavy atom. The van der Waals surface area contributed by atoms with E-state index in [0.29, 0.717) is 5.06 Å². The number of rotatable bonds is 7. The Hall–Kier alpha value is -2.73. The van der Waals surface area contributed by atoms with Crippen molar-refractivity contribution in [3.8, 4) is 5.75 Å². The smallest absolute Gasteiger partial charge is 0.338 e. The molecule has 144 valence electrons. The van der Waals surface area contributed by atoms with Crippen molar-refractivity contribution >= 4 is 11.7 Å². The van der Waals surface area contributed by atoms with Gasteiger partial charge in [0.15, 0.2) is 0 Å². The van der Waals surface area contributed by atoms with Crippen LogP contribution in [0.5, 0.6) is 5.75 Å². The van der Waals surface area contributed by atoms with Gasteiger partial charge in [-0.2, -0.15) is 0 Å². The summed E-state index contributed by atoms with van der Waals surface area (Å²) >= 11 is 0. The number of nitrogens with zero attached hydrogens (tertiary/aromatic N) is 2. The van der Waals surface area contributed by atoms with Gasteiger partial charge in [0.2, 0.25) is 0 Å². The van der Waals surface area contributed by atoms with Crippen LogP contribution in [0.25, 0.3) is 0 Å². The van der Waals surface area contributed by atoms with Gasteiger partial charge < -0.3 is 15.4 Å². The van der Waals surface area contributed by atoms with E-state index >= 15 is 0 Å². The molecule has 2 aromatic rings. The number of amides is 2. The Bertz CT molecular complexity index is 794. The maximum absolute atomic E-state index is 11.0. The topological polar surface area (TPSA) is 79.0 Å². The van der Waals surface area contributed by atoms with Gasteiger partial charge in [-0.1, -0.05) is 24.3 Å². The van der Waals surface area contributed by atoms with E-state index in [4.69, 9.17) is 10.5 Å². The Kier molecular flexibility index (Phi) is 6.19. The van der Waals surface area contributed by atoms with Crippen LogP contribution >= 0.6 is 0 Å². The normalized spacial score (nSPS) is 13.2. The average Bonchev–Trinajstić information content (AvgIpc) is 2.68. The number of fused-ring (bicyclic) bond motifs is 1. The average molecular weight is 369 g/mol. The van der Waals surface area contributed by atoms with Crippen LogP contribution in [0.1, 0.15) is 29.5 Å². The highest BCUT2D eigenvalue weighted by Crippen LogP contribution is 2.29. The van der Waals surface area contributed by atoms with Gasteiger partial charge >= 0.3 is 6.03 Å². The van der Waals surface area contributed by atoms with Crippen LogP contribution < -0.4 is 15.4 Å². The number of hydroxylamine groups is 2. The van der Waals surface area contributed by atoms with Crippen LogP contribution in [-0.2, 0) is 19.4 Å². The van der Waals surface area contributed by atoms with Gasteiger partial charge in [0.1, 0.15) is 5.75 Å². The van der Waals surface area contributed by atoms with Gasteiger partial charge in [0, 0.05) is 18.8 Å². The molecule has 0 saturated carbocycles. The number of ether oxygens (including phenoxy) is 1. The van der Waals surface area contributed by atoms with Gasteiger partial charge in [-0.05, 0) is 60.6 Å². The second-order valence-electron chi connectivity index (χ2n) is 6.90. The molecule has 0 fully saturated rings. The second kappa shape index (κ2) is 8.77.